The van der Waals surface area contributed by atoms with Crippen LogP contribution < -0.4 is 10.0 Å². The number of halogens is 5. The zero-order valence-electron chi connectivity index (χ0n) is 21.2. The summed E-state index contributed by atoms with van der Waals surface area (Å²) in [4.78, 5) is 12.7. The first kappa shape index (κ1) is 29.0. The molecule has 12 heteroatoms. The van der Waals surface area contributed by atoms with Gasteiger partial charge in [0.05, 0.1) is 9.90 Å². The van der Waals surface area contributed by atoms with Gasteiger partial charge in [0.25, 0.3) is 0 Å². The number of aryl methyl sites for hydroxylation is 1. The number of carbonyl (C=O) groups is 1. The van der Waals surface area contributed by atoms with Crippen molar-refractivity contribution < 1.29 is 30.8 Å². The SMILES string of the molecule is O=C(CCc1cc(CF)ccc1C(F)(F)F)Nc1ccc2c(c1)C[C@H]1CC[C@@H](C2)[C@H]1NS(=O)(=O)c1ccc(Cl)s1. The Balaban J connectivity index is 1.26. The van der Waals surface area contributed by atoms with E-state index in [4.69, 9.17) is 11.6 Å². The molecule has 0 spiro atoms. The van der Waals surface area contributed by atoms with Crippen LogP contribution in [0.15, 0.2) is 52.7 Å². The van der Waals surface area contributed by atoms with E-state index in [-0.39, 0.29) is 46.1 Å². The van der Waals surface area contributed by atoms with E-state index in [1.54, 1.807) is 12.1 Å². The summed E-state index contributed by atoms with van der Waals surface area (Å²) >= 11 is 6.96. The third-order valence-corrected chi connectivity index (χ3v) is 10.9. The number of thiophene rings is 1. The summed E-state index contributed by atoms with van der Waals surface area (Å²) < 4.78 is 82.6. The molecule has 2 aliphatic carbocycles. The van der Waals surface area contributed by atoms with Gasteiger partial charge in [-0.15, -0.1) is 11.3 Å². The maximum Gasteiger partial charge on any atom is 0.416 e. The molecule has 2 aliphatic rings. The number of anilines is 1. The summed E-state index contributed by atoms with van der Waals surface area (Å²) in [5.41, 5.74) is 1.78. The summed E-state index contributed by atoms with van der Waals surface area (Å²) in [6, 6.07) is 11.5. The van der Waals surface area contributed by atoms with Crippen molar-refractivity contribution in [2.24, 2.45) is 11.8 Å². The maximum atomic E-state index is 13.4. The van der Waals surface area contributed by atoms with Gasteiger partial charge >= 0.3 is 6.18 Å². The highest BCUT2D eigenvalue weighted by atomic mass is 35.5. The van der Waals surface area contributed by atoms with Crippen LogP contribution in [0.3, 0.4) is 0 Å². The fourth-order valence-corrected chi connectivity index (χ4v) is 8.72. The van der Waals surface area contributed by atoms with E-state index < -0.39 is 34.3 Å². The van der Waals surface area contributed by atoms with Crippen LogP contribution in [-0.4, -0.2) is 20.4 Å². The van der Waals surface area contributed by atoms with Crippen molar-refractivity contribution >= 4 is 44.6 Å². The van der Waals surface area contributed by atoms with Gasteiger partial charge in [0.2, 0.25) is 15.9 Å². The normalized spacial score (nSPS) is 20.7. The summed E-state index contributed by atoms with van der Waals surface area (Å²) in [7, 11) is -3.70. The first-order valence-electron chi connectivity index (χ1n) is 12.9. The van der Waals surface area contributed by atoms with Crippen LogP contribution in [0.4, 0.5) is 23.2 Å². The molecule has 5 rings (SSSR count). The van der Waals surface area contributed by atoms with Crippen LogP contribution in [0.2, 0.25) is 4.34 Å². The molecule has 1 heterocycles. The molecule has 5 nitrogen and oxygen atoms in total. The number of amides is 1. The molecule has 0 radical (unpaired) electrons. The molecule has 1 fully saturated rings. The molecular formula is C28H27ClF4N2O3S2. The molecule has 1 saturated carbocycles. The van der Waals surface area contributed by atoms with Gasteiger partial charge < -0.3 is 5.32 Å². The lowest BCUT2D eigenvalue weighted by molar-refractivity contribution is -0.138. The fourth-order valence-electron chi connectivity index (χ4n) is 5.85. The Labute approximate surface area is 239 Å². The zero-order valence-corrected chi connectivity index (χ0v) is 23.6. The molecule has 40 heavy (non-hydrogen) atoms. The molecule has 2 N–H and O–H groups in total. The number of hydrogen-bond acceptors (Lipinski definition) is 4. The Morgan fingerprint density at radius 1 is 1.00 bits per heavy atom. The highest BCUT2D eigenvalue weighted by Crippen LogP contribution is 2.42. The minimum Gasteiger partial charge on any atom is -0.326 e. The van der Waals surface area contributed by atoms with E-state index in [1.165, 1.54) is 6.07 Å². The van der Waals surface area contributed by atoms with E-state index in [0.29, 0.717) is 22.9 Å². The van der Waals surface area contributed by atoms with Gasteiger partial charge in [0.15, 0.2) is 0 Å². The topological polar surface area (TPSA) is 75.3 Å². The molecule has 0 aliphatic heterocycles. The molecule has 214 valence electrons. The summed E-state index contributed by atoms with van der Waals surface area (Å²) in [6.45, 7) is -0.890. The molecule has 1 aromatic heterocycles. The van der Waals surface area contributed by atoms with Crippen molar-refractivity contribution in [2.45, 2.75) is 61.6 Å². The van der Waals surface area contributed by atoms with Gasteiger partial charge in [-0.2, -0.15) is 13.2 Å². The standard InChI is InChI=1S/C28H27ClF4N2O3S2/c29-24-8-10-26(39-24)40(37,38)35-27-19-2-3-20(27)13-21-14-22(6-4-17(21)12-19)34-25(36)9-5-18-11-16(15-30)1-7-23(18)28(31,32)33/h1,4,6-8,10-11,14,19-20,27,35H,2-3,5,9,12-13,15H2,(H,34,36)/t19-,20+,27+/m0/s1. The predicted octanol–water partition coefficient (Wildman–Crippen LogP) is 6.93. The molecule has 3 aromatic rings. The monoisotopic (exact) mass is 614 g/mol. The fraction of sp³-hybridized carbons (Fsp3) is 0.393. The molecule has 0 unspecified atom stereocenters. The second-order valence-electron chi connectivity index (χ2n) is 10.4. The Morgan fingerprint density at radius 2 is 1.73 bits per heavy atom. The van der Waals surface area contributed by atoms with Crippen LogP contribution in [0.5, 0.6) is 0 Å². The number of nitrogens with one attached hydrogen (secondary N) is 2. The molecule has 1 amide bonds. The van der Waals surface area contributed by atoms with Crippen LogP contribution in [0, 0.1) is 11.8 Å². The van der Waals surface area contributed by atoms with Crippen molar-refractivity contribution in [3.8, 4) is 0 Å². The minimum absolute atomic E-state index is 0.0889. The molecule has 0 saturated heterocycles. The lowest BCUT2D eigenvalue weighted by Crippen LogP contribution is -2.41. The Bertz CT molecular complexity index is 1520. The van der Waals surface area contributed by atoms with Crippen LogP contribution in [0.25, 0.3) is 0 Å². The Hall–Kier alpha value is -2.47. The largest absolute Gasteiger partial charge is 0.416 e. The number of rotatable bonds is 8. The second-order valence-corrected chi connectivity index (χ2v) is 14.0. The quantitative estimate of drug-likeness (QED) is 0.270. The van der Waals surface area contributed by atoms with Crippen molar-refractivity contribution in [2.75, 3.05) is 5.32 Å². The Morgan fingerprint density at radius 3 is 2.38 bits per heavy atom. The molecule has 2 bridgehead atoms. The van der Waals surface area contributed by atoms with Gasteiger partial charge in [-0.05, 0) is 96.5 Å². The van der Waals surface area contributed by atoms with E-state index in [9.17, 15) is 30.8 Å². The van der Waals surface area contributed by atoms with Crippen LogP contribution in [-0.2, 0) is 46.9 Å². The number of fused-ring (bicyclic) bond motifs is 3. The smallest absolute Gasteiger partial charge is 0.326 e. The maximum absolute atomic E-state index is 13.4. The first-order chi connectivity index (χ1) is 18.9. The number of carbonyl (C=O) groups excluding carboxylic acids is 1. The van der Waals surface area contributed by atoms with Crippen molar-refractivity contribution in [3.05, 3.63) is 80.7 Å². The summed E-state index contributed by atoms with van der Waals surface area (Å²) in [6.07, 6.45) is -1.86. The molecular weight excluding hydrogens is 588 g/mol. The van der Waals surface area contributed by atoms with Crippen molar-refractivity contribution in [1.29, 1.82) is 0 Å². The average molecular weight is 615 g/mol. The number of hydrogen-bond donors (Lipinski definition) is 2. The van der Waals surface area contributed by atoms with Crippen molar-refractivity contribution in [3.63, 3.8) is 0 Å². The highest BCUT2D eigenvalue weighted by molar-refractivity contribution is 7.91. The van der Waals surface area contributed by atoms with Gasteiger partial charge in [-0.3, -0.25) is 4.79 Å². The lowest BCUT2D eigenvalue weighted by Gasteiger charge is -2.23. The average Bonchev–Trinajstić information content (AvgIpc) is 3.45. The third-order valence-electron chi connectivity index (χ3n) is 7.73. The van der Waals surface area contributed by atoms with Crippen LogP contribution in [0.1, 0.15) is 47.1 Å². The van der Waals surface area contributed by atoms with E-state index in [2.05, 4.69) is 10.0 Å². The second kappa shape index (κ2) is 11.4. The first-order valence-corrected chi connectivity index (χ1v) is 15.5. The lowest BCUT2D eigenvalue weighted by atomic mass is 9.93. The molecule has 2 aromatic carbocycles. The van der Waals surface area contributed by atoms with E-state index in [0.717, 1.165) is 53.5 Å². The Kier molecular flexibility index (Phi) is 8.29. The number of benzene rings is 2. The zero-order chi connectivity index (χ0) is 28.7. The summed E-state index contributed by atoms with van der Waals surface area (Å²) in [5.74, 6) is -0.222. The van der Waals surface area contributed by atoms with Gasteiger partial charge in [-0.1, -0.05) is 29.8 Å². The number of sulfonamides is 1. The minimum atomic E-state index is -4.60. The van der Waals surface area contributed by atoms with Gasteiger partial charge in [-0.25, -0.2) is 17.5 Å². The van der Waals surface area contributed by atoms with E-state index >= 15 is 0 Å². The van der Waals surface area contributed by atoms with Crippen molar-refractivity contribution in [1.82, 2.24) is 4.72 Å². The van der Waals surface area contributed by atoms with Gasteiger partial charge in [0, 0.05) is 18.2 Å². The molecule has 3 atom stereocenters. The van der Waals surface area contributed by atoms with Crippen LogP contribution >= 0.6 is 22.9 Å². The number of alkyl halides is 4. The third kappa shape index (κ3) is 6.37. The highest BCUT2D eigenvalue weighted by Gasteiger charge is 2.41. The van der Waals surface area contributed by atoms with Gasteiger partial charge in [0.1, 0.15) is 10.9 Å². The van der Waals surface area contributed by atoms with E-state index in [1.807, 2.05) is 12.1 Å². The summed E-state index contributed by atoms with van der Waals surface area (Å²) in [5, 5.41) is 2.77. The predicted molar refractivity (Wildman–Crippen MR) is 147 cm³/mol.